The Hall–Kier alpha value is -0.410. The molecule has 1 aliphatic rings. The highest BCUT2D eigenvalue weighted by atomic mass is 79.9. The quantitative estimate of drug-likeness (QED) is 0.837. The van der Waals surface area contributed by atoms with Crippen molar-refractivity contribution in [1.82, 2.24) is 4.98 Å². The highest BCUT2D eigenvalue weighted by Crippen LogP contribution is 2.33. The highest BCUT2D eigenvalue weighted by molar-refractivity contribution is 9.10. The molecule has 0 amide bonds. The number of aromatic nitrogens is 1. The lowest BCUT2D eigenvalue weighted by Crippen LogP contribution is -2.12. The van der Waals surface area contributed by atoms with Crippen LogP contribution in [-0.4, -0.2) is 10.1 Å². The Labute approximate surface area is 105 Å². The summed E-state index contributed by atoms with van der Waals surface area (Å²) in [5.74, 6) is 0.415. The molecule has 88 valence electrons. The van der Waals surface area contributed by atoms with Crippen LogP contribution in [0, 0.1) is 5.92 Å². The van der Waals surface area contributed by atoms with E-state index >= 15 is 0 Å². The number of aliphatic hydroxyl groups is 1. The Morgan fingerprint density at radius 1 is 1.19 bits per heavy atom. The lowest BCUT2D eigenvalue weighted by atomic mass is 9.90. The molecule has 1 aliphatic carbocycles. The van der Waals surface area contributed by atoms with Crippen molar-refractivity contribution in [2.45, 2.75) is 44.6 Å². The molecule has 0 aliphatic heterocycles. The summed E-state index contributed by atoms with van der Waals surface area (Å²) in [6.07, 6.45) is 10.6. The van der Waals surface area contributed by atoms with Crippen LogP contribution in [0.2, 0.25) is 0 Å². The van der Waals surface area contributed by atoms with E-state index < -0.39 is 0 Å². The molecule has 0 saturated heterocycles. The van der Waals surface area contributed by atoms with E-state index in [1.165, 1.54) is 25.7 Å². The minimum atomic E-state index is -0.344. The van der Waals surface area contributed by atoms with Gasteiger partial charge in [-0.25, -0.2) is 0 Å². The van der Waals surface area contributed by atoms with E-state index in [1.807, 2.05) is 6.07 Å². The largest absolute Gasteiger partial charge is 0.388 e. The standard InChI is InChI=1S/C13H18BrNO/c14-12-7-11(8-15-9-12)13(16)10-5-3-1-2-4-6-10/h7-10,13,16H,1-6H2. The Bertz CT molecular complexity index is 334. The third-order valence-electron chi connectivity index (χ3n) is 3.41. The number of hydrogen-bond acceptors (Lipinski definition) is 2. The van der Waals surface area contributed by atoms with Crippen LogP contribution in [0.3, 0.4) is 0 Å². The summed E-state index contributed by atoms with van der Waals surface area (Å²) in [6, 6.07) is 1.97. The van der Waals surface area contributed by atoms with E-state index in [2.05, 4.69) is 20.9 Å². The summed E-state index contributed by atoms with van der Waals surface area (Å²) in [4.78, 5) is 4.12. The van der Waals surface area contributed by atoms with E-state index in [-0.39, 0.29) is 6.10 Å². The van der Waals surface area contributed by atoms with Crippen LogP contribution in [0.1, 0.15) is 50.2 Å². The summed E-state index contributed by atoms with van der Waals surface area (Å²) in [5, 5.41) is 10.3. The lowest BCUT2D eigenvalue weighted by Gasteiger charge is -2.21. The van der Waals surface area contributed by atoms with Gasteiger partial charge in [-0.05, 0) is 40.8 Å². The second-order valence-electron chi connectivity index (χ2n) is 4.63. The maximum absolute atomic E-state index is 10.3. The smallest absolute Gasteiger partial charge is 0.0833 e. The minimum Gasteiger partial charge on any atom is -0.388 e. The maximum Gasteiger partial charge on any atom is 0.0833 e. The zero-order valence-electron chi connectivity index (χ0n) is 9.40. The average Bonchev–Trinajstić information content (AvgIpc) is 2.56. The molecular formula is C13H18BrNO. The average molecular weight is 284 g/mol. The van der Waals surface area contributed by atoms with Crippen molar-refractivity contribution >= 4 is 15.9 Å². The van der Waals surface area contributed by atoms with Crippen LogP contribution in [-0.2, 0) is 0 Å². The van der Waals surface area contributed by atoms with Gasteiger partial charge in [-0.15, -0.1) is 0 Å². The number of aliphatic hydroxyl groups excluding tert-OH is 1. The van der Waals surface area contributed by atoms with Crippen molar-refractivity contribution in [3.05, 3.63) is 28.5 Å². The molecule has 0 aromatic carbocycles. The fourth-order valence-electron chi connectivity index (χ4n) is 2.49. The topological polar surface area (TPSA) is 33.1 Å². The predicted molar refractivity (Wildman–Crippen MR) is 68.1 cm³/mol. The maximum atomic E-state index is 10.3. The number of rotatable bonds is 2. The molecule has 1 aromatic heterocycles. The predicted octanol–water partition coefficient (Wildman–Crippen LogP) is 3.85. The van der Waals surface area contributed by atoms with Gasteiger partial charge in [-0.2, -0.15) is 0 Å². The van der Waals surface area contributed by atoms with E-state index in [0.29, 0.717) is 5.92 Å². The molecule has 16 heavy (non-hydrogen) atoms. The zero-order chi connectivity index (χ0) is 11.4. The van der Waals surface area contributed by atoms with Crippen LogP contribution in [0.25, 0.3) is 0 Å². The molecule has 1 N–H and O–H groups in total. The first kappa shape index (κ1) is 12.1. The zero-order valence-corrected chi connectivity index (χ0v) is 11.0. The molecule has 2 rings (SSSR count). The number of halogens is 1. The summed E-state index contributed by atoms with van der Waals surface area (Å²) in [5.41, 5.74) is 0.946. The van der Waals surface area contributed by atoms with Gasteiger partial charge in [0.1, 0.15) is 0 Å². The SMILES string of the molecule is OC(c1cncc(Br)c1)C1CCCCCC1. The first-order chi connectivity index (χ1) is 7.77. The third-order valence-corrected chi connectivity index (χ3v) is 3.85. The Balaban J connectivity index is 2.07. The molecule has 2 nitrogen and oxygen atoms in total. The number of pyridine rings is 1. The molecule has 1 aromatic rings. The molecule has 1 atom stereocenters. The van der Waals surface area contributed by atoms with E-state index in [4.69, 9.17) is 0 Å². The van der Waals surface area contributed by atoms with Crippen LogP contribution < -0.4 is 0 Å². The Morgan fingerprint density at radius 2 is 1.88 bits per heavy atom. The second-order valence-corrected chi connectivity index (χ2v) is 5.55. The van der Waals surface area contributed by atoms with Gasteiger partial charge >= 0.3 is 0 Å². The van der Waals surface area contributed by atoms with Crippen molar-refractivity contribution in [3.63, 3.8) is 0 Å². The molecule has 1 saturated carbocycles. The van der Waals surface area contributed by atoms with Gasteiger partial charge in [0, 0.05) is 22.4 Å². The molecule has 1 heterocycles. The van der Waals surface area contributed by atoms with Crippen molar-refractivity contribution in [3.8, 4) is 0 Å². The molecule has 3 heteroatoms. The number of nitrogens with zero attached hydrogens (tertiary/aromatic N) is 1. The van der Waals surface area contributed by atoms with Crippen molar-refractivity contribution in [2.75, 3.05) is 0 Å². The Kier molecular flexibility index (Phi) is 4.36. The van der Waals surface area contributed by atoms with Gasteiger partial charge < -0.3 is 5.11 Å². The highest BCUT2D eigenvalue weighted by Gasteiger charge is 2.22. The molecule has 0 radical (unpaired) electrons. The van der Waals surface area contributed by atoms with Crippen LogP contribution >= 0.6 is 15.9 Å². The summed E-state index contributed by atoms with van der Waals surface area (Å²) in [6.45, 7) is 0. The molecule has 0 bridgehead atoms. The molecule has 1 fully saturated rings. The van der Waals surface area contributed by atoms with Crippen molar-refractivity contribution < 1.29 is 5.11 Å². The Morgan fingerprint density at radius 3 is 2.50 bits per heavy atom. The molecule has 1 unspecified atom stereocenters. The van der Waals surface area contributed by atoms with Gasteiger partial charge in [0.05, 0.1) is 6.10 Å². The van der Waals surface area contributed by atoms with Crippen LogP contribution in [0.4, 0.5) is 0 Å². The fourth-order valence-corrected chi connectivity index (χ4v) is 2.87. The van der Waals surface area contributed by atoms with Crippen LogP contribution in [0.5, 0.6) is 0 Å². The minimum absolute atomic E-state index is 0.344. The van der Waals surface area contributed by atoms with Crippen LogP contribution in [0.15, 0.2) is 22.9 Å². The van der Waals surface area contributed by atoms with E-state index in [9.17, 15) is 5.11 Å². The van der Waals surface area contributed by atoms with E-state index in [0.717, 1.165) is 22.9 Å². The van der Waals surface area contributed by atoms with Gasteiger partial charge in [-0.3, -0.25) is 4.98 Å². The molecule has 0 spiro atoms. The summed E-state index contributed by atoms with van der Waals surface area (Å²) in [7, 11) is 0. The van der Waals surface area contributed by atoms with Crippen molar-refractivity contribution in [1.29, 1.82) is 0 Å². The first-order valence-corrected chi connectivity index (χ1v) is 6.85. The lowest BCUT2D eigenvalue weighted by molar-refractivity contribution is 0.0984. The van der Waals surface area contributed by atoms with Gasteiger partial charge in [0.15, 0.2) is 0 Å². The summed E-state index contributed by atoms with van der Waals surface area (Å²) >= 11 is 3.40. The van der Waals surface area contributed by atoms with Gasteiger partial charge in [-0.1, -0.05) is 25.7 Å². The van der Waals surface area contributed by atoms with Gasteiger partial charge in [0.25, 0.3) is 0 Å². The van der Waals surface area contributed by atoms with E-state index in [1.54, 1.807) is 12.4 Å². The van der Waals surface area contributed by atoms with Gasteiger partial charge in [0.2, 0.25) is 0 Å². The third kappa shape index (κ3) is 3.05. The monoisotopic (exact) mass is 283 g/mol. The first-order valence-electron chi connectivity index (χ1n) is 6.06. The molecular weight excluding hydrogens is 266 g/mol. The number of hydrogen-bond donors (Lipinski definition) is 1. The second kappa shape index (κ2) is 5.78. The fraction of sp³-hybridized carbons (Fsp3) is 0.615. The normalized spacial score (nSPS) is 20.4. The summed E-state index contributed by atoms with van der Waals surface area (Å²) < 4.78 is 0.942. The van der Waals surface area contributed by atoms with Crippen molar-refractivity contribution in [2.24, 2.45) is 5.92 Å².